The number of carbonyl (C=O) groups excluding carboxylic acids is 1. The topological polar surface area (TPSA) is 64.3 Å². The molecule has 0 aliphatic rings. The first-order chi connectivity index (χ1) is 11.0. The first-order valence-electron chi connectivity index (χ1n) is 7.32. The van der Waals surface area contributed by atoms with E-state index in [9.17, 15) is 4.79 Å². The quantitative estimate of drug-likeness (QED) is 0.772. The van der Waals surface area contributed by atoms with Crippen molar-refractivity contribution in [2.45, 2.75) is 26.3 Å². The number of aromatic nitrogens is 2. The van der Waals surface area contributed by atoms with Gasteiger partial charge in [-0.05, 0) is 37.1 Å². The highest BCUT2D eigenvalue weighted by Gasteiger charge is 2.18. The van der Waals surface area contributed by atoms with E-state index in [0.29, 0.717) is 29.4 Å². The molecule has 2 aromatic rings. The van der Waals surface area contributed by atoms with Gasteiger partial charge in [-0.15, -0.1) is 0 Å². The van der Waals surface area contributed by atoms with E-state index in [1.807, 2.05) is 0 Å². The summed E-state index contributed by atoms with van der Waals surface area (Å²) in [7, 11) is 0. The van der Waals surface area contributed by atoms with E-state index in [1.165, 1.54) is 0 Å². The molecule has 0 bridgehead atoms. The molecule has 5 nitrogen and oxygen atoms in total. The number of aliphatic hydroxyl groups is 1. The smallest absolute Gasteiger partial charge is 0.359 e. The maximum Gasteiger partial charge on any atom is 0.359 e. The van der Waals surface area contributed by atoms with Gasteiger partial charge in [0.05, 0.1) is 6.61 Å². The van der Waals surface area contributed by atoms with Crippen LogP contribution < -0.4 is 0 Å². The lowest BCUT2D eigenvalue weighted by molar-refractivity contribution is 0.0517. The van der Waals surface area contributed by atoms with Crippen molar-refractivity contribution in [2.24, 2.45) is 0 Å². The van der Waals surface area contributed by atoms with E-state index in [0.717, 1.165) is 11.1 Å². The maximum atomic E-state index is 12.1. The van der Waals surface area contributed by atoms with E-state index in [4.69, 9.17) is 33.0 Å². The number of aliphatic hydroxyl groups excluding tert-OH is 1. The Balaban J connectivity index is 2.30. The normalized spacial score (nSPS) is 10.8. The number of benzene rings is 1. The van der Waals surface area contributed by atoms with Gasteiger partial charge in [0.1, 0.15) is 0 Å². The Morgan fingerprint density at radius 2 is 2.00 bits per heavy atom. The van der Waals surface area contributed by atoms with E-state index in [2.05, 4.69) is 5.10 Å². The number of carbonyl (C=O) groups is 1. The minimum absolute atomic E-state index is 0.0633. The molecular formula is C16H18Cl2N2O3. The molecule has 23 heavy (non-hydrogen) atoms. The van der Waals surface area contributed by atoms with Gasteiger partial charge in [0.2, 0.25) is 0 Å². The van der Waals surface area contributed by atoms with Gasteiger partial charge in [-0.3, -0.25) is 4.68 Å². The Hall–Kier alpha value is -1.56. The summed E-state index contributed by atoms with van der Waals surface area (Å²) < 4.78 is 6.70. The number of halogens is 2. The van der Waals surface area contributed by atoms with Crippen LogP contribution in [0.15, 0.2) is 24.4 Å². The van der Waals surface area contributed by atoms with E-state index < -0.39 is 5.97 Å². The van der Waals surface area contributed by atoms with Crippen LogP contribution in [0.2, 0.25) is 10.0 Å². The fraction of sp³-hybridized carbons (Fsp3) is 0.375. The van der Waals surface area contributed by atoms with E-state index in [-0.39, 0.29) is 18.9 Å². The van der Waals surface area contributed by atoms with Gasteiger partial charge in [-0.2, -0.15) is 5.10 Å². The summed E-state index contributed by atoms with van der Waals surface area (Å²) in [6, 6.07) is 5.25. The molecule has 0 amide bonds. The van der Waals surface area contributed by atoms with Gasteiger partial charge in [0.25, 0.3) is 0 Å². The van der Waals surface area contributed by atoms with Crippen molar-refractivity contribution < 1.29 is 14.6 Å². The molecule has 1 aromatic heterocycles. The molecule has 0 saturated carbocycles. The molecule has 1 N–H and O–H groups in total. The lowest BCUT2D eigenvalue weighted by atomic mass is 10.1. The maximum absolute atomic E-state index is 12.1. The molecule has 0 aliphatic carbocycles. The molecule has 0 radical (unpaired) electrons. The Kier molecular flexibility index (Phi) is 6.45. The number of aryl methyl sites for hydroxylation is 1. The average Bonchev–Trinajstić information content (AvgIpc) is 2.87. The largest absolute Gasteiger partial charge is 0.461 e. The van der Waals surface area contributed by atoms with Gasteiger partial charge < -0.3 is 9.84 Å². The second-order valence-corrected chi connectivity index (χ2v) is 5.89. The van der Waals surface area contributed by atoms with Gasteiger partial charge in [-0.25, -0.2) is 4.79 Å². The van der Waals surface area contributed by atoms with E-state index >= 15 is 0 Å². The molecule has 7 heteroatoms. The zero-order valence-corrected chi connectivity index (χ0v) is 14.3. The SMILES string of the molecule is CCOC(=O)c1nn(CCCO)cc1Cc1cc(Cl)cc(Cl)c1. The predicted molar refractivity (Wildman–Crippen MR) is 89.2 cm³/mol. The van der Waals surface area contributed by atoms with Crippen LogP contribution in [0.4, 0.5) is 0 Å². The van der Waals surface area contributed by atoms with Crippen molar-refractivity contribution in [3.8, 4) is 0 Å². The molecule has 2 rings (SSSR count). The lowest BCUT2D eigenvalue weighted by Gasteiger charge is -2.04. The third kappa shape index (κ3) is 4.96. The summed E-state index contributed by atoms with van der Waals surface area (Å²) in [6.45, 7) is 2.62. The highest BCUT2D eigenvalue weighted by Crippen LogP contribution is 2.22. The second-order valence-electron chi connectivity index (χ2n) is 5.02. The number of hydrogen-bond donors (Lipinski definition) is 1. The Labute approximate surface area is 144 Å². The molecule has 1 aromatic carbocycles. The average molecular weight is 357 g/mol. The molecule has 1 heterocycles. The molecular weight excluding hydrogens is 339 g/mol. The Morgan fingerprint density at radius 3 is 2.61 bits per heavy atom. The van der Waals surface area contributed by atoms with Crippen molar-refractivity contribution in [1.29, 1.82) is 0 Å². The fourth-order valence-electron chi connectivity index (χ4n) is 2.24. The molecule has 0 aliphatic heterocycles. The molecule has 0 saturated heterocycles. The number of rotatable bonds is 7. The lowest BCUT2D eigenvalue weighted by Crippen LogP contribution is -2.09. The second kappa shape index (κ2) is 8.34. The molecule has 0 fully saturated rings. The summed E-state index contributed by atoms with van der Waals surface area (Å²) >= 11 is 12.0. The third-order valence-corrected chi connectivity index (χ3v) is 3.60. The first kappa shape index (κ1) is 17.8. The van der Waals surface area contributed by atoms with Crippen LogP contribution in [0.3, 0.4) is 0 Å². The van der Waals surface area contributed by atoms with Gasteiger partial charge in [-0.1, -0.05) is 23.2 Å². The van der Waals surface area contributed by atoms with Crippen LogP contribution in [-0.4, -0.2) is 34.1 Å². The fourth-order valence-corrected chi connectivity index (χ4v) is 2.81. The molecule has 0 unspecified atom stereocenters. The minimum Gasteiger partial charge on any atom is -0.461 e. The van der Waals surface area contributed by atoms with Crippen molar-refractivity contribution in [2.75, 3.05) is 13.2 Å². The summed E-state index contributed by atoms with van der Waals surface area (Å²) in [6.07, 6.45) is 2.82. The Morgan fingerprint density at radius 1 is 1.30 bits per heavy atom. The summed E-state index contributed by atoms with van der Waals surface area (Å²) in [5, 5.41) is 14.3. The highest BCUT2D eigenvalue weighted by molar-refractivity contribution is 6.34. The standard InChI is InChI=1S/C16H18Cl2N2O3/c1-2-23-16(22)15-12(10-20(19-15)4-3-5-21)6-11-7-13(17)9-14(18)8-11/h7-10,21H,2-6H2,1H3. The monoisotopic (exact) mass is 356 g/mol. The van der Waals surface area contributed by atoms with Crippen molar-refractivity contribution in [3.63, 3.8) is 0 Å². The van der Waals surface area contributed by atoms with Gasteiger partial charge >= 0.3 is 5.97 Å². The van der Waals surface area contributed by atoms with Crippen LogP contribution in [-0.2, 0) is 17.7 Å². The zero-order valence-electron chi connectivity index (χ0n) is 12.8. The summed E-state index contributed by atoms with van der Waals surface area (Å²) in [5.41, 5.74) is 1.90. The van der Waals surface area contributed by atoms with Crippen LogP contribution >= 0.6 is 23.2 Å². The Bertz CT molecular complexity index is 666. The van der Waals surface area contributed by atoms with Gasteiger partial charge in [0.15, 0.2) is 5.69 Å². The minimum atomic E-state index is -0.460. The highest BCUT2D eigenvalue weighted by atomic mass is 35.5. The molecule has 0 spiro atoms. The third-order valence-electron chi connectivity index (χ3n) is 3.17. The first-order valence-corrected chi connectivity index (χ1v) is 8.08. The number of hydrogen-bond acceptors (Lipinski definition) is 4. The molecule has 124 valence electrons. The number of ether oxygens (including phenoxy) is 1. The van der Waals surface area contributed by atoms with Gasteiger partial charge in [0, 0.05) is 41.4 Å². The zero-order chi connectivity index (χ0) is 16.8. The van der Waals surface area contributed by atoms with Crippen LogP contribution in [0, 0.1) is 0 Å². The summed E-state index contributed by atoms with van der Waals surface area (Å²) in [4.78, 5) is 12.1. The number of nitrogens with zero attached hydrogens (tertiary/aromatic N) is 2. The predicted octanol–water partition coefficient (Wildman–Crippen LogP) is 3.34. The summed E-state index contributed by atoms with van der Waals surface area (Å²) in [5.74, 6) is -0.460. The van der Waals surface area contributed by atoms with Crippen molar-refractivity contribution in [1.82, 2.24) is 9.78 Å². The van der Waals surface area contributed by atoms with Crippen LogP contribution in [0.5, 0.6) is 0 Å². The van der Waals surface area contributed by atoms with E-state index in [1.54, 1.807) is 36.0 Å². The molecule has 0 atom stereocenters. The van der Waals surface area contributed by atoms with Crippen molar-refractivity contribution >= 4 is 29.2 Å². The van der Waals surface area contributed by atoms with Crippen molar-refractivity contribution in [3.05, 3.63) is 51.3 Å². The number of esters is 1. The van der Waals surface area contributed by atoms with Crippen LogP contribution in [0.1, 0.15) is 35.0 Å². The van der Waals surface area contributed by atoms with Crippen LogP contribution in [0.25, 0.3) is 0 Å².